The number of nitro groups is 1. The van der Waals surface area contributed by atoms with Crippen LogP contribution in [0.5, 0.6) is 0 Å². The second-order valence-electron chi connectivity index (χ2n) is 2.40. The first-order valence-corrected chi connectivity index (χ1v) is 3.34. The van der Waals surface area contributed by atoms with E-state index in [9.17, 15) is 19.7 Å². The highest BCUT2D eigenvalue weighted by Crippen LogP contribution is 2.17. The van der Waals surface area contributed by atoms with E-state index in [0.717, 1.165) is 12.2 Å². The van der Waals surface area contributed by atoms with Crippen molar-refractivity contribution in [1.29, 1.82) is 0 Å². The third-order valence-electron chi connectivity index (χ3n) is 1.54. The SMILES string of the molecule is O=C1C=CC(C(=O)O)=C([N+](=O)[O-])C1. The number of ketones is 1. The summed E-state index contributed by atoms with van der Waals surface area (Å²) < 4.78 is 0. The van der Waals surface area contributed by atoms with E-state index < -0.39 is 34.4 Å². The van der Waals surface area contributed by atoms with Gasteiger partial charge >= 0.3 is 5.97 Å². The molecule has 1 N–H and O–H groups in total. The summed E-state index contributed by atoms with van der Waals surface area (Å²) in [6.45, 7) is 0. The first-order chi connectivity index (χ1) is 6.02. The Morgan fingerprint density at radius 2 is 2.15 bits per heavy atom. The molecule has 0 spiro atoms. The van der Waals surface area contributed by atoms with Crippen molar-refractivity contribution in [3.63, 3.8) is 0 Å². The smallest absolute Gasteiger partial charge is 0.342 e. The van der Waals surface area contributed by atoms with Crippen LogP contribution < -0.4 is 0 Å². The Bertz CT molecular complexity index is 352. The predicted octanol–water partition coefficient (Wildman–Crippen LogP) is 0.131. The number of carboxylic acids is 1. The summed E-state index contributed by atoms with van der Waals surface area (Å²) in [5.74, 6) is -1.85. The summed E-state index contributed by atoms with van der Waals surface area (Å²) in [6, 6.07) is 0. The Labute approximate surface area is 72.3 Å². The van der Waals surface area contributed by atoms with E-state index in [0.29, 0.717) is 0 Å². The van der Waals surface area contributed by atoms with Crippen LogP contribution in [0.1, 0.15) is 6.42 Å². The largest absolute Gasteiger partial charge is 0.477 e. The molecule has 0 aliphatic heterocycles. The highest BCUT2D eigenvalue weighted by molar-refractivity contribution is 6.00. The number of hydrogen-bond acceptors (Lipinski definition) is 4. The summed E-state index contributed by atoms with van der Waals surface area (Å²) in [4.78, 5) is 30.6. The fraction of sp³-hybridized carbons (Fsp3) is 0.143. The van der Waals surface area contributed by atoms with Crippen LogP contribution in [-0.4, -0.2) is 21.8 Å². The lowest BCUT2D eigenvalue weighted by Crippen LogP contribution is -2.15. The van der Waals surface area contributed by atoms with Crippen molar-refractivity contribution in [3.8, 4) is 0 Å². The Kier molecular flexibility index (Phi) is 2.23. The van der Waals surface area contributed by atoms with Crippen molar-refractivity contribution in [3.05, 3.63) is 33.5 Å². The molecule has 6 heteroatoms. The molecule has 13 heavy (non-hydrogen) atoms. The number of carbonyl (C=O) groups is 2. The van der Waals surface area contributed by atoms with Gasteiger partial charge in [-0.2, -0.15) is 0 Å². The molecule has 6 nitrogen and oxygen atoms in total. The average molecular weight is 183 g/mol. The maximum atomic E-state index is 10.7. The van der Waals surface area contributed by atoms with Crippen molar-refractivity contribution < 1.29 is 19.6 Å². The Morgan fingerprint density at radius 1 is 1.54 bits per heavy atom. The molecule has 0 heterocycles. The van der Waals surface area contributed by atoms with Crippen LogP contribution in [0.3, 0.4) is 0 Å². The van der Waals surface area contributed by atoms with Gasteiger partial charge in [-0.05, 0) is 12.2 Å². The topological polar surface area (TPSA) is 97.5 Å². The molecule has 0 aromatic rings. The first-order valence-electron chi connectivity index (χ1n) is 3.34. The zero-order valence-electron chi connectivity index (χ0n) is 6.39. The van der Waals surface area contributed by atoms with Gasteiger partial charge in [0.2, 0.25) is 0 Å². The van der Waals surface area contributed by atoms with E-state index in [4.69, 9.17) is 5.11 Å². The van der Waals surface area contributed by atoms with E-state index in [-0.39, 0.29) is 0 Å². The van der Waals surface area contributed by atoms with Crippen LogP contribution in [0.25, 0.3) is 0 Å². The van der Waals surface area contributed by atoms with Crippen LogP contribution in [0.4, 0.5) is 0 Å². The summed E-state index contributed by atoms with van der Waals surface area (Å²) >= 11 is 0. The van der Waals surface area contributed by atoms with Gasteiger partial charge in [0.05, 0.1) is 4.92 Å². The van der Waals surface area contributed by atoms with Gasteiger partial charge in [0.25, 0.3) is 5.70 Å². The molecule has 0 saturated carbocycles. The summed E-state index contributed by atoms with van der Waals surface area (Å²) in [6.07, 6.45) is 1.52. The van der Waals surface area contributed by atoms with Gasteiger partial charge in [-0.3, -0.25) is 14.9 Å². The Balaban J connectivity index is 3.17. The molecule has 0 fully saturated rings. The Hall–Kier alpha value is -1.98. The molecule has 1 rings (SSSR count). The summed E-state index contributed by atoms with van der Waals surface area (Å²) in [7, 11) is 0. The maximum absolute atomic E-state index is 10.7. The first kappa shape index (κ1) is 9.11. The van der Waals surface area contributed by atoms with E-state index >= 15 is 0 Å². The lowest BCUT2D eigenvalue weighted by atomic mass is 10.0. The van der Waals surface area contributed by atoms with Crippen molar-refractivity contribution in [2.75, 3.05) is 0 Å². The van der Waals surface area contributed by atoms with Crippen LogP contribution in [0, 0.1) is 10.1 Å². The highest BCUT2D eigenvalue weighted by atomic mass is 16.6. The Morgan fingerprint density at radius 3 is 2.62 bits per heavy atom. The molecule has 0 saturated heterocycles. The zero-order chi connectivity index (χ0) is 10.0. The number of carboxylic acid groups (broad SMARTS) is 1. The van der Waals surface area contributed by atoms with E-state index in [1.165, 1.54) is 0 Å². The molecule has 0 radical (unpaired) electrons. The lowest BCUT2D eigenvalue weighted by Gasteiger charge is -2.03. The molecular formula is C7H5NO5. The molecule has 0 unspecified atom stereocenters. The zero-order valence-corrected chi connectivity index (χ0v) is 6.39. The molecule has 1 aliphatic rings. The van der Waals surface area contributed by atoms with Crippen molar-refractivity contribution >= 4 is 11.8 Å². The van der Waals surface area contributed by atoms with Gasteiger partial charge in [0.15, 0.2) is 5.78 Å². The standard InChI is InChI=1S/C7H5NO5/c9-4-1-2-5(7(10)11)6(3-4)8(12)13/h1-2H,3H2,(H,10,11). The third kappa shape index (κ3) is 1.78. The van der Waals surface area contributed by atoms with E-state index in [1.807, 2.05) is 0 Å². The number of carbonyl (C=O) groups excluding carboxylic acids is 1. The van der Waals surface area contributed by atoms with Crippen LogP contribution in [-0.2, 0) is 9.59 Å². The number of hydrogen-bond donors (Lipinski definition) is 1. The van der Waals surface area contributed by atoms with E-state index in [1.54, 1.807) is 0 Å². The normalized spacial score (nSPS) is 16.2. The molecule has 0 aromatic heterocycles. The number of nitrogens with zero attached hydrogens (tertiary/aromatic N) is 1. The van der Waals surface area contributed by atoms with Crippen molar-refractivity contribution in [2.24, 2.45) is 0 Å². The second-order valence-corrected chi connectivity index (χ2v) is 2.40. The van der Waals surface area contributed by atoms with Gasteiger partial charge < -0.3 is 5.11 Å². The molecule has 0 aromatic carbocycles. The molecule has 1 aliphatic carbocycles. The minimum Gasteiger partial charge on any atom is -0.477 e. The number of rotatable bonds is 2. The van der Waals surface area contributed by atoms with Crippen LogP contribution in [0.2, 0.25) is 0 Å². The molecule has 68 valence electrons. The van der Waals surface area contributed by atoms with E-state index in [2.05, 4.69) is 0 Å². The van der Waals surface area contributed by atoms with Gasteiger partial charge in [-0.1, -0.05) is 0 Å². The van der Waals surface area contributed by atoms with Crippen molar-refractivity contribution in [1.82, 2.24) is 0 Å². The van der Waals surface area contributed by atoms with Gasteiger partial charge in [0, 0.05) is 0 Å². The average Bonchev–Trinajstić information content (AvgIpc) is 2.03. The molecule has 0 bridgehead atoms. The molecule has 0 amide bonds. The van der Waals surface area contributed by atoms with Crippen molar-refractivity contribution in [2.45, 2.75) is 6.42 Å². The van der Waals surface area contributed by atoms with Gasteiger partial charge in [0.1, 0.15) is 12.0 Å². The highest BCUT2D eigenvalue weighted by Gasteiger charge is 2.27. The fourth-order valence-electron chi connectivity index (χ4n) is 0.949. The fourth-order valence-corrected chi connectivity index (χ4v) is 0.949. The van der Waals surface area contributed by atoms with Crippen LogP contribution in [0.15, 0.2) is 23.4 Å². The summed E-state index contributed by atoms with van der Waals surface area (Å²) in [5, 5.41) is 18.8. The molecule has 0 atom stereocenters. The van der Waals surface area contributed by atoms with Crippen LogP contribution >= 0.6 is 0 Å². The quantitative estimate of drug-likeness (QED) is 0.484. The third-order valence-corrected chi connectivity index (χ3v) is 1.54. The lowest BCUT2D eigenvalue weighted by molar-refractivity contribution is -0.427. The second kappa shape index (κ2) is 3.18. The number of aliphatic carboxylic acids is 1. The number of allylic oxidation sites excluding steroid dienone is 2. The predicted molar refractivity (Wildman–Crippen MR) is 40.4 cm³/mol. The minimum atomic E-state index is -1.39. The monoisotopic (exact) mass is 183 g/mol. The van der Waals surface area contributed by atoms with Gasteiger partial charge in [-0.15, -0.1) is 0 Å². The minimum absolute atomic E-state index is 0.426. The van der Waals surface area contributed by atoms with Gasteiger partial charge in [-0.25, -0.2) is 4.79 Å². The summed E-state index contributed by atoms with van der Waals surface area (Å²) in [5.41, 5.74) is -0.982. The maximum Gasteiger partial charge on any atom is 0.342 e. The molecular weight excluding hydrogens is 178 g/mol.